The number of hydroxylamine groups is 1. The Labute approximate surface area is 148 Å². The molecule has 25 heavy (non-hydrogen) atoms. The van der Waals surface area contributed by atoms with Crippen LogP contribution in [-0.2, 0) is 17.8 Å². The fourth-order valence-corrected chi connectivity index (χ4v) is 3.26. The van der Waals surface area contributed by atoms with Crippen LogP contribution in [0.25, 0.3) is 0 Å². The third-order valence-electron chi connectivity index (χ3n) is 4.73. The number of rotatable bonds is 8. The summed E-state index contributed by atoms with van der Waals surface area (Å²) in [6.07, 6.45) is 2.05. The number of hydrogen-bond acceptors (Lipinski definition) is 4. The van der Waals surface area contributed by atoms with Crippen LogP contribution in [0.3, 0.4) is 0 Å². The van der Waals surface area contributed by atoms with Crippen molar-refractivity contribution in [3.8, 4) is 0 Å². The van der Waals surface area contributed by atoms with E-state index >= 15 is 0 Å². The van der Waals surface area contributed by atoms with Gasteiger partial charge in [-0.15, -0.1) is 0 Å². The molecule has 0 radical (unpaired) electrons. The van der Waals surface area contributed by atoms with E-state index in [1.54, 1.807) is 5.48 Å². The van der Waals surface area contributed by atoms with Crippen molar-refractivity contribution in [2.75, 3.05) is 18.4 Å². The molecule has 2 aromatic rings. The maximum absolute atomic E-state index is 11.0. The van der Waals surface area contributed by atoms with Gasteiger partial charge in [0.1, 0.15) is 0 Å². The summed E-state index contributed by atoms with van der Waals surface area (Å²) in [5, 5.41) is 15.5. The molecule has 0 fully saturated rings. The lowest BCUT2D eigenvalue weighted by Gasteiger charge is -2.11. The summed E-state index contributed by atoms with van der Waals surface area (Å²) in [6.45, 7) is 2.86. The van der Waals surface area contributed by atoms with Crippen LogP contribution in [0.2, 0.25) is 0 Å². The lowest BCUT2D eigenvalue weighted by Crippen LogP contribution is -2.19. The average Bonchev–Trinajstić information content (AvgIpc) is 3.07. The van der Waals surface area contributed by atoms with Crippen molar-refractivity contribution in [3.05, 3.63) is 65.2 Å². The number of amides is 1. The van der Waals surface area contributed by atoms with E-state index in [1.165, 1.54) is 16.8 Å². The van der Waals surface area contributed by atoms with Crippen molar-refractivity contribution in [1.82, 2.24) is 10.8 Å². The maximum Gasteiger partial charge on any atom is 0.243 e. The van der Waals surface area contributed by atoms with Gasteiger partial charge in [-0.05, 0) is 42.1 Å². The lowest BCUT2D eigenvalue weighted by molar-refractivity contribution is -0.129. The van der Waals surface area contributed by atoms with E-state index < -0.39 is 0 Å². The number of hydrogen-bond donors (Lipinski definition) is 4. The molecular formula is C20H25N3O2. The summed E-state index contributed by atoms with van der Waals surface area (Å²) >= 11 is 0. The normalized spacial score (nSPS) is 15.5. The van der Waals surface area contributed by atoms with E-state index in [0.717, 1.165) is 31.6 Å². The van der Waals surface area contributed by atoms with E-state index in [1.807, 2.05) is 12.1 Å². The fraction of sp³-hybridized carbons (Fsp3) is 0.350. The summed E-state index contributed by atoms with van der Waals surface area (Å²) in [5.41, 5.74) is 6.70. The highest BCUT2D eigenvalue weighted by Crippen LogP contribution is 2.32. The van der Waals surface area contributed by atoms with Crippen molar-refractivity contribution in [2.45, 2.75) is 31.7 Å². The second-order valence-electron chi connectivity index (χ2n) is 6.48. The van der Waals surface area contributed by atoms with E-state index in [2.05, 4.69) is 47.0 Å². The first-order chi connectivity index (χ1) is 12.3. The molecule has 0 saturated heterocycles. The molecule has 3 rings (SSSR count). The Bertz CT molecular complexity index is 700. The Morgan fingerprint density at radius 1 is 1.12 bits per heavy atom. The fourth-order valence-electron chi connectivity index (χ4n) is 3.26. The third kappa shape index (κ3) is 4.81. The topological polar surface area (TPSA) is 73.4 Å². The molecule has 1 amide bonds. The van der Waals surface area contributed by atoms with E-state index in [-0.39, 0.29) is 5.91 Å². The Balaban J connectivity index is 1.39. The van der Waals surface area contributed by atoms with Crippen molar-refractivity contribution >= 4 is 11.6 Å². The van der Waals surface area contributed by atoms with E-state index in [0.29, 0.717) is 18.8 Å². The van der Waals surface area contributed by atoms with E-state index in [9.17, 15) is 4.79 Å². The van der Waals surface area contributed by atoms with Crippen molar-refractivity contribution < 1.29 is 10.0 Å². The van der Waals surface area contributed by atoms with Gasteiger partial charge >= 0.3 is 0 Å². The first kappa shape index (κ1) is 17.5. The van der Waals surface area contributed by atoms with Gasteiger partial charge in [-0.25, -0.2) is 5.48 Å². The Kier molecular flexibility index (Phi) is 6.04. The van der Waals surface area contributed by atoms with E-state index in [4.69, 9.17) is 5.21 Å². The van der Waals surface area contributed by atoms with Crippen LogP contribution in [0.4, 0.5) is 5.69 Å². The van der Waals surface area contributed by atoms with Gasteiger partial charge in [-0.2, -0.15) is 0 Å². The Morgan fingerprint density at radius 2 is 1.88 bits per heavy atom. The quantitative estimate of drug-likeness (QED) is 0.339. The van der Waals surface area contributed by atoms with Gasteiger partial charge in [0, 0.05) is 31.1 Å². The molecule has 1 aliphatic heterocycles. The zero-order chi connectivity index (χ0) is 17.5. The molecule has 5 nitrogen and oxygen atoms in total. The number of benzene rings is 2. The minimum atomic E-state index is -0.353. The molecule has 5 heteroatoms. The summed E-state index contributed by atoms with van der Waals surface area (Å²) in [7, 11) is 0. The van der Waals surface area contributed by atoms with Gasteiger partial charge in [0.15, 0.2) is 0 Å². The van der Waals surface area contributed by atoms with Crippen LogP contribution >= 0.6 is 0 Å². The number of carbonyl (C=O) groups is 1. The zero-order valence-corrected chi connectivity index (χ0v) is 14.3. The van der Waals surface area contributed by atoms with Gasteiger partial charge in [-0.3, -0.25) is 10.0 Å². The minimum absolute atomic E-state index is 0.297. The van der Waals surface area contributed by atoms with Crippen molar-refractivity contribution in [1.29, 1.82) is 0 Å². The molecule has 1 atom stereocenters. The molecule has 0 spiro atoms. The summed E-state index contributed by atoms with van der Waals surface area (Å²) in [5.74, 6) is 0.234. The third-order valence-corrected chi connectivity index (χ3v) is 4.73. The van der Waals surface area contributed by atoms with Crippen LogP contribution in [0.5, 0.6) is 0 Å². The van der Waals surface area contributed by atoms with Gasteiger partial charge in [0.25, 0.3) is 0 Å². The van der Waals surface area contributed by atoms with Crippen LogP contribution < -0.4 is 16.1 Å². The molecule has 4 N–H and O–H groups in total. The minimum Gasteiger partial charge on any atom is -0.384 e. The lowest BCUT2D eigenvalue weighted by atomic mass is 9.98. The molecule has 0 aliphatic carbocycles. The summed E-state index contributed by atoms with van der Waals surface area (Å²) in [6, 6.07) is 16.8. The summed E-state index contributed by atoms with van der Waals surface area (Å²) < 4.78 is 0. The molecular weight excluding hydrogens is 314 g/mol. The second-order valence-corrected chi connectivity index (χ2v) is 6.48. The SMILES string of the molecule is O=C(CCc1ccc(CNCCC2CNc3ccccc32)cc1)NO. The molecule has 2 aromatic carbocycles. The second kappa shape index (κ2) is 8.65. The predicted molar refractivity (Wildman–Crippen MR) is 98.7 cm³/mol. The van der Waals surface area contributed by atoms with Crippen LogP contribution in [0.1, 0.15) is 35.4 Å². The largest absolute Gasteiger partial charge is 0.384 e. The molecule has 1 unspecified atom stereocenters. The first-order valence-electron chi connectivity index (χ1n) is 8.80. The van der Waals surface area contributed by atoms with Gasteiger partial charge in [0.2, 0.25) is 5.91 Å². The molecule has 0 saturated carbocycles. The highest BCUT2D eigenvalue weighted by atomic mass is 16.5. The Morgan fingerprint density at radius 3 is 2.68 bits per heavy atom. The first-order valence-corrected chi connectivity index (χ1v) is 8.80. The maximum atomic E-state index is 11.0. The van der Waals surface area contributed by atoms with Crippen LogP contribution in [0.15, 0.2) is 48.5 Å². The number of nitrogens with one attached hydrogen (secondary N) is 3. The van der Waals surface area contributed by atoms with Gasteiger partial charge < -0.3 is 10.6 Å². The van der Waals surface area contributed by atoms with Crippen molar-refractivity contribution in [3.63, 3.8) is 0 Å². The molecule has 1 aliphatic rings. The number of carbonyl (C=O) groups excluding carboxylic acids is 1. The number of fused-ring (bicyclic) bond motifs is 1. The number of anilines is 1. The van der Waals surface area contributed by atoms with Gasteiger partial charge in [-0.1, -0.05) is 42.5 Å². The highest BCUT2D eigenvalue weighted by molar-refractivity contribution is 5.74. The average molecular weight is 339 g/mol. The zero-order valence-electron chi connectivity index (χ0n) is 14.3. The predicted octanol–water partition coefficient (Wildman–Crippen LogP) is 2.81. The van der Waals surface area contributed by atoms with Crippen LogP contribution in [0, 0.1) is 0 Å². The molecule has 0 aromatic heterocycles. The molecule has 1 heterocycles. The molecule has 132 valence electrons. The standard InChI is InChI=1S/C20H25N3O2/c24-20(23-25)10-9-15-5-7-16(8-6-15)13-21-12-11-17-14-22-19-4-2-1-3-18(17)19/h1-8,17,21-22,25H,9-14H2,(H,23,24). The molecule has 0 bridgehead atoms. The van der Waals surface area contributed by atoms with Gasteiger partial charge in [0.05, 0.1) is 0 Å². The monoisotopic (exact) mass is 339 g/mol. The smallest absolute Gasteiger partial charge is 0.243 e. The number of para-hydroxylation sites is 1. The number of aryl methyl sites for hydroxylation is 1. The van der Waals surface area contributed by atoms with Crippen LogP contribution in [-0.4, -0.2) is 24.2 Å². The Hall–Kier alpha value is -2.37. The summed E-state index contributed by atoms with van der Waals surface area (Å²) in [4.78, 5) is 11.0. The van der Waals surface area contributed by atoms with Crippen molar-refractivity contribution in [2.24, 2.45) is 0 Å². The highest BCUT2D eigenvalue weighted by Gasteiger charge is 2.20.